The predicted molar refractivity (Wildman–Crippen MR) is 134 cm³/mol. The number of carbonyl (C=O) groups is 4. The number of aromatic hydroxyl groups is 1. The lowest BCUT2D eigenvalue weighted by Crippen LogP contribution is -2.63. The van der Waals surface area contributed by atoms with Gasteiger partial charge in [0.05, 0.1) is 17.2 Å². The van der Waals surface area contributed by atoms with Crippen molar-refractivity contribution in [2.75, 3.05) is 14.1 Å². The standard InChI is InChI=1S/C28H25FN2O8/c1-31(2)22-16-9-12-8-15-14(11-3-5-17(29)13(7-11)10-32)4-6-18(33)20(15)23(34)19(12)25(36)28(16,39)26(37)21(24(22)35)27(30)38/h3-7,10,12,16,22,33,35-36,39H,8-9H2,1-2H3,(H2,30,38). The van der Waals surface area contributed by atoms with Crippen molar-refractivity contribution in [3.63, 3.8) is 0 Å². The van der Waals surface area contributed by atoms with Gasteiger partial charge in [0.1, 0.15) is 28.7 Å². The summed E-state index contributed by atoms with van der Waals surface area (Å²) >= 11 is 0. The average molecular weight is 537 g/mol. The number of aliphatic hydroxyl groups excluding tert-OH is 2. The maximum absolute atomic E-state index is 14.0. The second kappa shape index (κ2) is 8.85. The number of carbonyl (C=O) groups excluding carboxylic acids is 4. The fourth-order valence-corrected chi connectivity index (χ4v) is 6.32. The van der Waals surface area contributed by atoms with Gasteiger partial charge in [-0.25, -0.2) is 4.39 Å². The number of hydrogen-bond acceptors (Lipinski definition) is 9. The second-order valence-corrected chi connectivity index (χ2v) is 10.3. The summed E-state index contributed by atoms with van der Waals surface area (Å²) in [4.78, 5) is 52.0. The van der Waals surface area contributed by atoms with E-state index < -0.39 is 69.6 Å². The van der Waals surface area contributed by atoms with Crippen LogP contribution in [-0.4, -0.2) is 74.8 Å². The van der Waals surface area contributed by atoms with Crippen LogP contribution in [0.5, 0.6) is 5.75 Å². The van der Waals surface area contributed by atoms with Crippen molar-refractivity contribution in [3.05, 3.63) is 75.5 Å². The number of phenolic OH excluding ortho intramolecular Hbond substituents is 1. The van der Waals surface area contributed by atoms with Crippen molar-refractivity contribution in [1.29, 1.82) is 0 Å². The average Bonchev–Trinajstić information content (AvgIpc) is 2.86. The number of halogens is 1. The fourth-order valence-electron chi connectivity index (χ4n) is 6.32. The molecule has 0 saturated carbocycles. The van der Waals surface area contributed by atoms with Crippen molar-refractivity contribution in [2.24, 2.45) is 17.6 Å². The molecule has 3 aliphatic rings. The van der Waals surface area contributed by atoms with Crippen molar-refractivity contribution >= 4 is 23.8 Å². The normalized spacial score (nSPS) is 26.3. The van der Waals surface area contributed by atoms with E-state index in [2.05, 4.69) is 0 Å². The molecule has 3 aliphatic carbocycles. The summed E-state index contributed by atoms with van der Waals surface area (Å²) in [7, 11) is 3.09. The molecule has 39 heavy (non-hydrogen) atoms. The molecule has 202 valence electrons. The Labute approximate surface area is 221 Å². The van der Waals surface area contributed by atoms with Gasteiger partial charge in [-0.1, -0.05) is 12.1 Å². The molecule has 4 atom stereocenters. The highest BCUT2D eigenvalue weighted by molar-refractivity contribution is 6.24. The minimum Gasteiger partial charge on any atom is -0.510 e. The van der Waals surface area contributed by atoms with Gasteiger partial charge in [-0.05, 0) is 67.7 Å². The van der Waals surface area contributed by atoms with Crippen molar-refractivity contribution in [1.82, 2.24) is 4.90 Å². The molecular weight excluding hydrogens is 511 g/mol. The Balaban J connectivity index is 1.72. The first-order valence-electron chi connectivity index (χ1n) is 12.1. The molecule has 1 amide bonds. The number of nitrogens with zero attached hydrogens (tertiary/aromatic N) is 1. The summed E-state index contributed by atoms with van der Waals surface area (Å²) in [6.45, 7) is 0. The fraction of sp³-hybridized carbons (Fsp3) is 0.286. The van der Waals surface area contributed by atoms with Crippen LogP contribution in [0.3, 0.4) is 0 Å². The van der Waals surface area contributed by atoms with Gasteiger partial charge in [0.25, 0.3) is 5.91 Å². The molecule has 0 spiro atoms. The Morgan fingerprint density at radius 3 is 2.46 bits per heavy atom. The molecular formula is C28H25FN2O8. The zero-order valence-electron chi connectivity index (χ0n) is 20.9. The van der Waals surface area contributed by atoms with Crippen LogP contribution in [0.1, 0.15) is 32.7 Å². The number of Topliss-reactive ketones (excluding diaryl/α,β-unsaturated/α-hetero) is 2. The number of rotatable bonds is 4. The van der Waals surface area contributed by atoms with E-state index in [1.165, 1.54) is 29.2 Å². The van der Waals surface area contributed by atoms with E-state index in [4.69, 9.17) is 5.73 Å². The molecule has 11 heteroatoms. The number of nitrogens with two attached hydrogens (primary N) is 1. The summed E-state index contributed by atoms with van der Waals surface area (Å²) < 4.78 is 14.0. The predicted octanol–water partition coefficient (Wildman–Crippen LogP) is 1.74. The van der Waals surface area contributed by atoms with Crippen molar-refractivity contribution in [3.8, 4) is 16.9 Å². The van der Waals surface area contributed by atoms with Crippen LogP contribution >= 0.6 is 0 Å². The van der Waals surface area contributed by atoms with E-state index in [0.29, 0.717) is 23.0 Å². The molecule has 5 rings (SSSR count). The molecule has 0 heterocycles. The number of aliphatic hydroxyl groups is 3. The number of aldehydes is 1. The van der Waals surface area contributed by atoms with E-state index in [-0.39, 0.29) is 29.5 Å². The Bertz CT molecular complexity index is 1560. The van der Waals surface area contributed by atoms with Crippen LogP contribution in [0, 0.1) is 17.7 Å². The van der Waals surface area contributed by atoms with Crippen molar-refractivity contribution < 1.29 is 44.0 Å². The number of benzene rings is 2. The topological polar surface area (TPSA) is 178 Å². The van der Waals surface area contributed by atoms with Crippen LogP contribution < -0.4 is 5.73 Å². The van der Waals surface area contributed by atoms with Crippen LogP contribution in [-0.2, 0) is 16.0 Å². The lowest BCUT2D eigenvalue weighted by molar-refractivity contribution is -0.148. The lowest BCUT2D eigenvalue weighted by atomic mass is 9.58. The van der Waals surface area contributed by atoms with Gasteiger partial charge in [-0.2, -0.15) is 0 Å². The molecule has 0 bridgehead atoms. The molecule has 0 aromatic heterocycles. The highest BCUT2D eigenvalue weighted by Crippen LogP contribution is 2.53. The summed E-state index contributed by atoms with van der Waals surface area (Å²) in [6, 6.07) is 5.52. The highest BCUT2D eigenvalue weighted by atomic mass is 19.1. The largest absolute Gasteiger partial charge is 0.510 e. The van der Waals surface area contributed by atoms with E-state index in [1.807, 2.05) is 0 Å². The van der Waals surface area contributed by atoms with Crippen LogP contribution in [0.2, 0.25) is 0 Å². The van der Waals surface area contributed by atoms with Gasteiger partial charge < -0.3 is 26.2 Å². The van der Waals surface area contributed by atoms with Crippen LogP contribution in [0.25, 0.3) is 11.1 Å². The summed E-state index contributed by atoms with van der Waals surface area (Å²) in [6.07, 6.45) is 0.357. The smallest absolute Gasteiger partial charge is 0.255 e. The number of hydrogen-bond donors (Lipinski definition) is 5. The van der Waals surface area contributed by atoms with E-state index >= 15 is 0 Å². The summed E-state index contributed by atoms with van der Waals surface area (Å²) in [5.74, 6) is -8.12. The molecule has 2 aromatic carbocycles. The summed E-state index contributed by atoms with van der Waals surface area (Å²) in [5, 5.41) is 44.5. The molecule has 0 saturated heterocycles. The van der Waals surface area contributed by atoms with Gasteiger partial charge in [-0.15, -0.1) is 0 Å². The van der Waals surface area contributed by atoms with E-state index in [9.17, 15) is 44.0 Å². The number of allylic oxidation sites excluding steroid dienone is 1. The molecule has 10 nitrogen and oxygen atoms in total. The van der Waals surface area contributed by atoms with Crippen LogP contribution in [0.15, 0.2) is 53.0 Å². The van der Waals surface area contributed by atoms with Crippen molar-refractivity contribution in [2.45, 2.75) is 24.5 Å². The van der Waals surface area contributed by atoms with E-state index in [1.54, 1.807) is 14.1 Å². The molecule has 0 radical (unpaired) electrons. The molecule has 4 unspecified atom stereocenters. The lowest BCUT2D eigenvalue weighted by Gasteiger charge is -2.50. The zero-order valence-corrected chi connectivity index (χ0v) is 20.9. The number of amides is 1. The minimum atomic E-state index is -2.73. The second-order valence-electron chi connectivity index (χ2n) is 10.3. The number of fused-ring (bicyclic) bond motifs is 3. The molecule has 2 aromatic rings. The third-order valence-corrected chi connectivity index (χ3v) is 8.04. The third-order valence-electron chi connectivity index (χ3n) is 8.04. The number of likely N-dealkylation sites (N-methyl/N-ethyl adjacent to an activating group) is 1. The molecule has 0 fully saturated rings. The Kier molecular flexibility index (Phi) is 5.96. The van der Waals surface area contributed by atoms with Gasteiger partial charge in [0, 0.05) is 11.5 Å². The quantitative estimate of drug-likeness (QED) is 0.287. The first-order chi connectivity index (χ1) is 18.3. The Morgan fingerprint density at radius 1 is 1.15 bits per heavy atom. The minimum absolute atomic E-state index is 0.0616. The molecule has 0 aliphatic heterocycles. The highest BCUT2D eigenvalue weighted by Gasteiger charge is 2.63. The summed E-state index contributed by atoms with van der Waals surface area (Å²) in [5.41, 5.74) is 2.30. The van der Waals surface area contributed by atoms with Gasteiger partial charge >= 0.3 is 0 Å². The Hall–Kier alpha value is -4.35. The zero-order chi connectivity index (χ0) is 28.5. The van der Waals surface area contributed by atoms with Gasteiger partial charge in [-0.3, -0.25) is 24.1 Å². The number of primary amides is 1. The van der Waals surface area contributed by atoms with Gasteiger partial charge in [0.15, 0.2) is 17.7 Å². The monoisotopic (exact) mass is 536 g/mol. The molecule has 6 N–H and O–H groups in total. The number of ketones is 2. The van der Waals surface area contributed by atoms with Crippen LogP contribution in [0.4, 0.5) is 4.39 Å². The first-order valence-corrected chi connectivity index (χ1v) is 12.1. The Morgan fingerprint density at radius 2 is 1.85 bits per heavy atom. The first kappa shape index (κ1) is 26.3. The maximum atomic E-state index is 14.0. The maximum Gasteiger partial charge on any atom is 0.255 e. The number of phenols is 1. The van der Waals surface area contributed by atoms with Gasteiger partial charge in [0.2, 0.25) is 5.78 Å². The third kappa shape index (κ3) is 3.53. The SMILES string of the molecule is CN(C)C1C(O)=C(C(N)=O)C(=O)C2(O)C(O)=C3C(=O)c4c(O)ccc(-c5ccc(F)c(C=O)c5)c4CC3CC12. The van der Waals surface area contributed by atoms with E-state index in [0.717, 1.165) is 6.07 Å².